The molecule has 1 aromatic carbocycles. The molecule has 0 radical (unpaired) electrons. The van der Waals surface area contributed by atoms with Crippen molar-refractivity contribution >= 4 is 5.91 Å². The number of carbonyl (C=O) groups is 1. The van der Waals surface area contributed by atoms with Crippen molar-refractivity contribution in [2.75, 3.05) is 20.2 Å². The minimum atomic E-state index is -0.201. The molecule has 1 N–H and O–H groups in total. The summed E-state index contributed by atoms with van der Waals surface area (Å²) in [6.07, 6.45) is 0.414. The molecule has 4 heteroatoms. The monoisotopic (exact) mass is 284 g/mol. The number of aliphatic hydroxyl groups excluding tert-OH is 1. The molecule has 0 spiro atoms. The van der Waals surface area contributed by atoms with Crippen LogP contribution in [0, 0.1) is 36.0 Å². The first-order valence-electron chi connectivity index (χ1n) is 6.84. The number of nitriles is 1. The number of carbonyl (C=O) groups excluding carboxylic acids is 1. The third-order valence-corrected chi connectivity index (χ3v) is 2.91. The van der Waals surface area contributed by atoms with Crippen molar-refractivity contribution in [3.63, 3.8) is 0 Å². The van der Waals surface area contributed by atoms with Gasteiger partial charge in [0.1, 0.15) is 0 Å². The number of benzene rings is 1. The van der Waals surface area contributed by atoms with Crippen molar-refractivity contribution in [1.82, 2.24) is 4.90 Å². The second-order valence-electron chi connectivity index (χ2n) is 5.08. The van der Waals surface area contributed by atoms with Crippen LogP contribution >= 0.6 is 0 Å². The van der Waals surface area contributed by atoms with Crippen LogP contribution in [0.15, 0.2) is 18.2 Å². The third-order valence-electron chi connectivity index (χ3n) is 2.91. The first kappa shape index (κ1) is 16.8. The van der Waals surface area contributed by atoms with Crippen LogP contribution in [0.2, 0.25) is 0 Å². The van der Waals surface area contributed by atoms with Crippen LogP contribution in [0.4, 0.5) is 0 Å². The molecular weight excluding hydrogens is 264 g/mol. The molecule has 0 aromatic heterocycles. The standard InChI is InChI=1S/C17H20N2O2/c1-13-8-15(6-4-5-7-20)10-16(9-13)17(21)19(3)12-14(2)11-18/h8-10,14,20H,5,7,12H2,1-3H3. The highest BCUT2D eigenvalue weighted by Crippen LogP contribution is 2.12. The van der Waals surface area contributed by atoms with Crippen molar-refractivity contribution in [1.29, 1.82) is 5.26 Å². The molecule has 0 aliphatic carbocycles. The van der Waals surface area contributed by atoms with Crippen molar-refractivity contribution in [3.05, 3.63) is 34.9 Å². The molecule has 0 bridgehead atoms. The van der Waals surface area contributed by atoms with E-state index in [9.17, 15) is 4.79 Å². The number of amides is 1. The molecule has 0 fully saturated rings. The molecule has 0 aliphatic rings. The highest BCUT2D eigenvalue weighted by Gasteiger charge is 2.15. The van der Waals surface area contributed by atoms with E-state index in [1.807, 2.05) is 19.1 Å². The van der Waals surface area contributed by atoms with Gasteiger partial charge in [0.25, 0.3) is 5.91 Å². The third kappa shape index (κ3) is 5.30. The normalized spacial score (nSPS) is 11.0. The van der Waals surface area contributed by atoms with Gasteiger partial charge in [0.05, 0.1) is 18.6 Å². The summed E-state index contributed by atoms with van der Waals surface area (Å²) in [5.74, 6) is 5.47. The molecule has 0 saturated heterocycles. The van der Waals surface area contributed by atoms with E-state index in [1.54, 1.807) is 24.9 Å². The zero-order valence-corrected chi connectivity index (χ0v) is 12.7. The second kappa shape index (κ2) is 8.09. The van der Waals surface area contributed by atoms with Gasteiger partial charge in [0.15, 0.2) is 0 Å². The molecule has 0 aliphatic heterocycles. The SMILES string of the molecule is Cc1cc(C#CCCO)cc(C(=O)N(C)CC(C)C#N)c1. The molecule has 1 rings (SSSR count). The van der Waals surface area contributed by atoms with E-state index < -0.39 is 0 Å². The lowest BCUT2D eigenvalue weighted by Gasteiger charge is -2.18. The first-order chi connectivity index (χ1) is 9.97. The van der Waals surface area contributed by atoms with E-state index in [-0.39, 0.29) is 18.4 Å². The van der Waals surface area contributed by atoms with Gasteiger partial charge in [-0.15, -0.1) is 0 Å². The number of hydrogen-bond donors (Lipinski definition) is 1. The number of aryl methyl sites for hydroxylation is 1. The largest absolute Gasteiger partial charge is 0.395 e. The van der Waals surface area contributed by atoms with E-state index in [1.165, 1.54) is 0 Å². The summed E-state index contributed by atoms with van der Waals surface area (Å²) in [5.41, 5.74) is 2.28. The Balaban J connectivity index is 2.95. The minimum Gasteiger partial charge on any atom is -0.395 e. The molecule has 1 aromatic rings. The maximum Gasteiger partial charge on any atom is 0.253 e. The van der Waals surface area contributed by atoms with E-state index >= 15 is 0 Å². The zero-order chi connectivity index (χ0) is 15.8. The smallest absolute Gasteiger partial charge is 0.253 e. The summed E-state index contributed by atoms with van der Waals surface area (Å²) >= 11 is 0. The maximum atomic E-state index is 12.4. The Kier molecular flexibility index (Phi) is 6.46. The van der Waals surface area contributed by atoms with Crippen LogP contribution in [0.5, 0.6) is 0 Å². The number of rotatable bonds is 4. The van der Waals surface area contributed by atoms with Gasteiger partial charge in [-0.2, -0.15) is 5.26 Å². The molecule has 4 nitrogen and oxygen atoms in total. The quantitative estimate of drug-likeness (QED) is 0.860. The average Bonchev–Trinajstić information content (AvgIpc) is 2.45. The zero-order valence-electron chi connectivity index (χ0n) is 12.7. The second-order valence-corrected chi connectivity index (χ2v) is 5.08. The van der Waals surface area contributed by atoms with Crippen molar-refractivity contribution < 1.29 is 9.90 Å². The minimum absolute atomic E-state index is 0.0272. The first-order valence-corrected chi connectivity index (χ1v) is 6.84. The van der Waals surface area contributed by atoms with Crippen LogP contribution in [0.1, 0.15) is 34.8 Å². The Labute approximate surface area is 126 Å². The molecule has 110 valence electrons. The summed E-state index contributed by atoms with van der Waals surface area (Å²) in [6.45, 7) is 4.12. The lowest BCUT2D eigenvalue weighted by Crippen LogP contribution is -2.30. The highest BCUT2D eigenvalue weighted by atomic mass is 16.2. The number of hydrogen-bond acceptors (Lipinski definition) is 3. The number of aliphatic hydroxyl groups is 1. The van der Waals surface area contributed by atoms with Crippen molar-refractivity contribution in [2.45, 2.75) is 20.3 Å². The van der Waals surface area contributed by atoms with Gasteiger partial charge in [0.2, 0.25) is 0 Å². The molecule has 0 heterocycles. The summed E-state index contributed by atoms with van der Waals surface area (Å²) < 4.78 is 0. The van der Waals surface area contributed by atoms with Gasteiger partial charge in [0, 0.05) is 31.1 Å². The van der Waals surface area contributed by atoms with E-state index in [0.29, 0.717) is 18.5 Å². The van der Waals surface area contributed by atoms with Crippen LogP contribution < -0.4 is 0 Å². The molecule has 0 saturated carbocycles. The predicted octanol–water partition coefficient (Wildman–Crippen LogP) is 1.96. The Morgan fingerprint density at radius 3 is 2.76 bits per heavy atom. The van der Waals surface area contributed by atoms with E-state index in [2.05, 4.69) is 17.9 Å². The fraction of sp³-hybridized carbons (Fsp3) is 0.412. The summed E-state index contributed by atoms with van der Waals surface area (Å²) in [5, 5.41) is 17.6. The molecule has 1 amide bonds. The average molecular weight is 284 g/mol. The molecule has 1 atom stereocenters. The molecular formula is C17H20N2O2. The molecule has 1 unspecified atom stereocenters. The highest BCUT2D eigenvalue weighted by molar-refractivity contribution is 5.94. The fourth-order valence-electron chi connectivity index (χ4n) is 1.95. The number of nitrogens with zero attached hydrogens (tertiary/aromatic N) is 2. The maximum absolute atomic E-state index is 12.4. The molecule has 21 heavy (non-hydrogen) atoms. The van der Waals surface area contributed by atoms with E-state index in [0.717, 1.165) is 11.1 Å². The van der Waals surface area contributed by atoms with E-state index in [4.69, 9.17) is 10.4 Å². The Morgan fingerprint density at radius 2 is 2.14 bits per heavy atom. The summed E-state index contributed by atoms with van der Waals surface area (Å²) in [7, 11) is 1.69. The Hall–Kier alpha value is -2.30. The fourth-order valence-corrected chi connectivity index (χ4v) is 1.95. The van der Waals surface area contributed by atoms with Crippen LogP contribution in [-0.4, -0.2) is 36.1 Å². The summed E-state index contributed by atoms with van der Waals surface area (Å²) in [6, 6.07) is 7.58. The lowest BCUT2D eigenvalue weighted by atomic mass is 10.1. The van der Waals surface area contributed by atoms with Crippen LogP contribution in [-0.2, 0) is 0 Å². The van der Waals surface area contributed by atoms with Gasteiger partial charge < -0.3 is 10.0 Å². The van der Waals surface area contributed by atoms with Gasteiger partial charge in [-0.05, 0) is 37.6 Å². The van der Waals surface area contributed by atoms with Gasteiger partial charge >= 0.3 is 0 Å². The van der Waals surface area contributed by atoms with Crippen molar-refractivity contribution in [3.8, 4) is 17.9 Å². The van der Waals surface area contributed by atoms with Crippen LogP contribution in [0.25, 0.3) is 0 Å². The van der Waals surface area contributed by atoms with Gasteiger partial charge in [-0.1, -0.05) is 11.8 Å². The van der Waals surface area contributed by atoms with Gasteiger partial charge in [-0.3, -0.25) is 4.79 Å². The van der Waals surface area contributed by atoms with Gasteiger partial charge in [-0.25, -0.2) is 0 Å². The summed E-state index contributed by atoms with van der Waals surface area (Å²) in [4.78, 5) is 13.9. The Morgan fingerprint density at radius 1 is 1.43 bits per heavy atom. The predicted molar refractivity (Wildman–Crippen MR) is 81.5 cm³/mol. The van der Waals surface area contributed by atoms with Crippen molar-refractivity contribution in [2.24, 2.45) is 5.92 Å². The lowest BCUT2D eigenvalue weighted by molar-refractivity contribution is 0.0785. The topological polar surface area (TPSA) is 64.3 Å². The van der Waals surface area contributed by atoms with Crippen LogP contribution in [0.3, 0.4) is 0 Å². The Bertz CT molecular complexity index is 605.